The van der Waals surface area contributed by atoms with E-state index in [-0.39, 0.29) is 5.91 Å². The first-order valence-corrected chi connectivity index (χ1v) is 11.9. The summed E-state index contributed by atoms with van der Waals surface area (Å²) in [5, 5.41) is 3.91. The Morgan fingerprint density at radius 3 is 2.61 bits per heavy atom. The van der Waals surface area contributed by atoms with Crippen LogP contribution in [-0.4, -0.2) is 33.3 Å². The first-order valence-electron chi connectivity index (χ1n) is 11.9. The summed E-state index contributed by atoms with van der Waals surface area (Å²) in [7, 11) is 3.30. The summed E-state index contributed by atoms with van der Waals surface area (Å²) in [6, 6.07) is 19.6. The predicted octanol–water partition coefficient (Wildman–Crippen LogP) is 6.28. The maximum Gasteiger partial charge on any atom is 0.244 e. The van der Waals surface area contributed by atoms with Crippen LogP contribution in [-0.2, 0) is 11.2 Å². The number of allylic oxidation sites excluding steroid dienone is 1. The molecule has 0 aliphatic heterocycles. The number of carbonyl (C=O) groups is 1. The molecule has 0 spiro atoms. The Bertz CT molecular complexity index is 1390. The number of hydrogen-bond donors (Lipinski definition) is 1. The molecular formula is C30H31NO5. The standard InChI is InChI=1S/C30H31NO5/c1-5-35-28-18-29-25(26(19-36-29)22-10-8-11-23(16-22)33-3)17-24(28)20(2)15-30(32)31-14-13-21-9-6-7-12-27(21)34-4/h6-12,15-19H,5,13-14H2,1-4H3,(H,31,32)/b20-15+. The number of amides is 1. The third kappa shape index (κ3) is 5.54. The zero-order valence-electron chi connectivity index (χ0n) is 21.1. The van der Waals surface area contributed by atoms with Gasteiger partial charge >= 0.3 is 0 Å². The van der Waals surface area contributed by atoms with E-state index < -0.39 is 0 Å². The summed E-state index contributed by atoms with van der Waals surface area (Å²) >= 11 is 0. The molecule has 0 fully saturated rings. The molecule has 1 N–H and O–H groups in total. The zero-order valence-corrected chi connectivity index (χ0v) is 21.1. The Hall–Kier alpha value is -4.19. The highest BCUT2D eigenvalue weighted by Crippen LogP contribution is 2.38. The van der Waals surface area contributed by atoms with Crippen molar-refractivity contribution in [2.45, 2.75) is 20.3 Å². The van der Waals surface area contributed by atoms with E-state index in [4.69, 9.17) is 18.6 Å². The van der Waals surface area contributed by atoms with E-state index in [1.807, 2.05) is 74.5 Å². The van der Waals surface area contributed by atoms with Gasteiger partial charge in [-0.25, -0.2) is 0 Å². The molecule has 0 radical (unpaired) electrons. The Morgan fingerprint density at radius 2 is 1.83 bits per heavy atom. The van der Waals surface area contributed by atoms with Crippen LogP contribution in [0.15, 0.2) is 77.4 Å². The van der Waals surface area contributed by atoms with Gasteiger partial charge in [0.05, 0.1) is 27.1 Å². The fourth-order valence-electron chi connectivity index (χ4n) is 4.21. The van der Waals surface area contributed by atoms with Gasteiger partial charge in [-0.05, 0) is 61.2 Å². The molecule has 0 bridgehead atoms. The molecule has 0 atom stereocenters. The average Bonchev–Trinajstić information content (AvgIpc) is 3.31. The normalized spacial score (nSPS) is 11.4. The zero-order chi connectivity index (χ0) is 25.5. The second-order valence-corrected chi connectivity index (χ2v) is 8.34. The summed E-state index contributed by atoms with van der Waals surface area (Å²) in [5.41, 5.74) is 5.34. The predicted molar refractivity (Wildman–Crippen MR) is 143 cm³/mol. The second kappa shape index (κ2) is 11.5. The van der Waals surface area contributed by atoms with Crippen molar-refractivity contribution < 1.29 is 23.4 Å². The highest BCUT2D eigenvalue weighted by Gasteiger charge is 2.16. The minimum atomic E-state index is -0.162. The smallest absolute Gasteiger partial charge is 0.244 e. The first-order chi connectivity index (χ1) is 17.5. The number of ether oxygens (including phenoxy) is 3. The van der Waals surface area contributed by atoms with E-state index in [2.05, 4.69) is 5.32 Å². The molecule has 0 aliphatic rings. The second-order valence-electron chi connectivity index (χ2n) is 8.34. The van der Waals surface area contributed by atoms with Crippen LogP contribution in [0.2, 0.25) is 0 Å². The first kappa shape index (κ1) is 24.9. The number of furan rings is 1. The number of benzene rings is 3. The molecule has 1 heterocycles. The van der Waals surface area contributed by atoms with Crippen molar-refractivity contribution >= 4 is 22.4 Å². The summed E-state index contributed by atoms with van der Waals surface area (Å²) in [5.74, 6) is 2.10. The van der Waals surface area contributed by atoms with Crippen LogP contribution in [0.4, 0.5) is 0 Å². The van der Waals surface area contributed by atoms with Gasteiger partial charge in [-0.15, -0.1) is 0 Å². The van der Waals surface area contributed by atoms with E-state index in [9.17, 15) is 4.79 Å². The fraction of sp³-hybridized carbons (Fsp3) is 0.233. The molecule has 6 nitrogen and oxygen atoms in total. The molecule has 0 unspecified atom stereocenters. The van der Waals surface area contributed by atoms with E-state index >= 15 is 0 Å². The summed E-state index contributed by atoms with van der Waals surface area (Å²) in [6.45, 7) is 4.85. The van der Waals surface area contributed by atoms with E-state index in [1.165, 1.54) is 0 Å². The Morgan fingerprint density at radius 1 is 1.00 bits per heavy atom. The maximum atomic E-state index is 12.7. The lowest BCUT2D eigenvalue weighted by molar-refractivity contribution is -0.116. The van der Waals surface area contributed by atoms with Gasteiger partial charge in [0.15, 0.2) is 0 Å². The van der Waals surface area contributed by atoms with Crippen LogP contribution in [0.3, 0.4) is 0 Å². The van der Waals surface area contributed by atoms with Gasteiger partial charge in [-0.2, -0.15) is 0 Å². The van der Waals surface area contributed by atoms with Gasteiger partial charge in [0.25, 0.3) is 0 Å². The van der Waals surface area contributed by atoms with Gasteiger partial charge < -0.3 is 23.9 Å². The van der Waals surface area contributed by atoms with Gasteiger partial charge in [0, 0.05) is 35.2 Å². The number of rotatable bonds is 10. The number of hydrogen-bond acceptors (Lipinski definition) is 5. The topological polar surface area (TPSA) is 69.9 Å². The van der Waals surface area contributed by atoms with Crippen LogP contribution >= 0.6 is 0 Å². The highest BCUT2D eigenvalue weighted by molar-refractivity contribution is 6.00. The Balaban J connectivity index is 1.59. The molecule has 6 heteroatoms. The Kier molecular flexibility index (Phi) is 7.95. The summed E-state index contributed by atoms with van der Waals surface area (Å²) in [6.07, 6.45) is 4.03. The summed E-state index contributed by atoms with van der Waals surface area (Å²) in [4.78, 5) is 12.7. The highest BCUT2D eigenvalue weighted by atomic mass is 16.5. The van der Waals surface area contributed by atoms with Crippen LogP contribution in [0.25, 0.3) is 27.7 Å². The minimum Gasteiger partial charge on any atom is -0.497 e. The van der Waals surface area contributed by atoms with Crippen LogP contribution < -0.4 is 19.5 Å². The van der Waals surface area contributed by atoms with Crippen molar-refractivity contribution in [1.82, 2.24) is 5.32 Å². The number of methoxy groups -OCH3 is 2. The van der Waals surface area contributed by atoms with E-state index in [0.29, 0.717) is 30.9 Å². The lowest BCUT2D eigenvalue weighted by atomic mass is 9.99. The lowest BCUT2D eigenvalue weighted by Crippen LogP contribution is -2.24. The van der Waals surface area contributed by atoms with Gasteiger partial charge in [0.2, 0.25) is 5.91 Å². The van der Waals surface area contributed by atoms with Crippen molar-refractivity contribution in [2.24, 2.45) is 0 Å². The third-order valence-corrected chi connectivity index (χ3v) is 6.01. The molecule has 186 valence electrons. The van der Waals surface area contributed by atoms with Crippen LogP contribution in [0, 0.1) is 0 Å². The molecule has 4 aromatic rings. The molecule has 0 saturated heterocycles. The average molecular weight is 486 g/mol. The van der Waals surface area contributed by atoms with Crippen molar-refractivity contribution in [3.63, 3.8) is 0 Å². The number of carbonyl (C=O) groups excluding carboxylic acids is 1. The fourth-order valence-corrected chi connectivity index (χ4v) is 4.21. The molecule has 0 aliphatic carbocycles. The van der Waals surface area contributed by atoms with Crippen LogP contribution in [0.1, 0.15) is 25.0 Å². The van der Waals surface area contributed by atoms with Crippen molar-refractivity contribution in [3.05, 3.63) is 84.1 Å². The Labute approximate surface area is 211 Å². The SMILES string of the molecule is CCOc1cc2occ(-c3cccc(OC)c3)c2cc1/C(C)=C/C(=O)NCCc1ccccc1OC. The van der Waals surface area contributed by atoms with E-state index in [1.54, 1.807) is 26.6 Å². The van der Waals surface area contributed by atoms with Gasteiger partial charge in [0.1, 0.15) is 22.8 Å². The van der Waals surface area contributed by atoms with Gasteiger partial charge in [-0.1, -0.05) is 30.3 Å². The van der Waals surface area contributed by atoms with Crippen molar-refractivity contribution in [3.8, 4) is 28.4 Å². The van der Waals surface area contributed by atoms with Crippen molar-refractivity contribution in [2.75, 3.05) is 27.4 Å². The lowest BCUT2D eigenvalue weighted by Gasteiger charge is -2.12. The minimum absolute atomic E-state index is 0.162. The monoisotopic (exact) mass is 485 g/mol. The van der Waals surface area contributed by atoms with Crippen LogP contribution in [0.5, 0.6) is 17.2 Å². The van der Waals surface area contributed by atoms with E-state index in [0.717, 1.165) is 44.7 Å². The molecule has 1 amide bonds. The molecule has 3 aromatic carbocycles. The molecule has 0 saturated carbocycles. The number of fused-ring (bicyclic) bond motifs is 1. The largest absolute Gasteiger partial charge is 0.497 e. The molecule has 4 rings (SSSR count). The molecule has 1 aromatic heterocycles. The number of para-hydroxylation sites is 1. The van der Waals surface area contributed by atoms with Crippen molar-refractivity contribution in [1.29, 1.82) is 0 Å². The maximum absolute atomic E-state index is 12.7. The van der Waals surface area contributed by atoms with Gasteiger partial charge in [-0.3, -0.25) is 4.79 Å². The molecule has 36 heavy (non-hydrogen) atoms. The summed E-state index contributed by atoms with van der Waals surface area (Å²) < 4.78 is 22.5. The number of nitrogens with one attached hydrogen (secondary N) is 1. The quantitative estimate of drug-likeness (QED) is 0.268. The third-order valence-electron chi connectivity index (χ3n) is 6.01. The molecular weight excluding hydrogens is 454 g/mol.